The van der Waals surface area contributed by atoms with Crippen LogP contribution in [-0.4, -0.2) is 142 Å². The third-order valence-electron chi connectivity index (χ3n) is 16.1. The van der Waals surface area contributed by atoms with Gasteiger partial charge in [0.25, 0.3) is 0 Å². The number of aliphatic hydroxyl groups is 7. The van der Waals surface area contributed by atoms with Crippen LogP contribution in [0.15, 0.2) is 48.6 Å². The summed E-state index contributed by atoms with van der Waals surface area (Å²) < 4.78 is 34.5. The molecule has 2 fully saturated rings. The van der Waals surface area contributed by atoms with Crippen molar-refractivity contribution < 1.29 is 69.0 Å². The molecule has 2 saturated heterocycles. The standard InChI is InChI=1S/C68H124O14/c1-3-5-7-9-11-13-15-17-19-21-23-25-27-28-30-32-34-36-38-40-42-44-46-48-50-52-77-54-57(55-78-67-66(76)64(74)62(72)59(82-67)56-79-68-65(75)63(73)61(71)58(53-69)81-68)80-60(70)51-49-47-45-43-41-39-37-35-33-31-29-26-24-22-20-18-16-14-12-10-8-6-4-2/h6,8,12,14,18,20,24,26,57-59,61-69,71-76H,3-5,7,9-11,13,15-17,19,21-23,25,27-56H2,1-2H3/b8-6-,14-12-,20-18-,26-24-. The van der Waals surface area contributed by atoms with E-state index in [1.54, 1.807) is 0 Å². The van der Waals surface area contributed by atoms with E-state index >= 15 is 0 Å². The summed E-state index contributed by atoms with van der Waals surface area (Å²) in [6, 6.07) is 0. The summed E-state index contributed by atoms with van der Waals surface area (Å²) in [7, 11) is 0. The average molecular weight is 1170 g/mol. The largest absolute Gasteiger partial charge is 0.457 e. The van der Waals surface area contributed by atoms with E-state index < -0.39 is 80.7 Å². The van der Waals surface area contributed by atoms with E-state index in [4.69, 9.17) is 28.4 Å². The lowest BCUT2D eigenvalue weighted by Crippen LogP contribution is -2.61. The molecule has 2 heterocycles. The van der Waals surface area contributed by atoms with Crippen LogP contribution in [0.3, 0.4) is 0 Å². The fourth-order valence-corrected chi connectivity index (χ4v) is 10.8. The predicted octanol–water partition coefficient (Wildman–Crippen LogP) is 13.8. The van der Waals surface area contributed by atoms with Crippen molar-refractivity contribution in [2.75, 3.05) is 33.0 Å². The summed E-state index contributed by atoms with van der Waals surface area (Å²) in [5.74, 6) is -0.376. The maximum atomic E-state index is 13.1. The maximum Gasteiger partial charge on any atom is 0.306 e. The zero-order valence-electron chi connectivity index (χ0n) is 52.0. The molecule has 2 rings (SSSR count). The molecule has 480 valence electrons. The highest BCUT2D eigenvalue weighted by Crippen LogP contribution is 2.27. The number of rotatable bonds is 56. The van der Waals surface area contributed by atoms with Crippen LogP contribution in [0, 0.1) is 0 Å². The molecule has 0 spiro atoms. The summed E-state index contributed by atoms with van der Waals surface area (Å²) in [6.45, 7) is 3.63. The lowest BCUT2D eigenvalue weighted by Gasteiger charge is -2.42. The predicted molar refractivity (Wildman–Crippen MR) is 330 cm³/mol. The number of aliphatic hydroxyl groups excluding tert-OH is 7. The summed E-state index contributed by atoms with van der Waals surface area (Å²) in [5.41, 5.74) is 0. The van der Waals surface area contributed by atoms with Gasteiger partial charge in [-0.1, -0.05) is 268 Å². The molecule has 2 aliphatic rings. The smallest absolute Gasteiger partial charge is 0.306 e. The van der Waals surface area contributed by atoms with Gasteiger partial charge < -0.3 is 64.2 Å². The Hall–Kier alpha value is -2.05. The van der Waals surface area contributed by atoms with Gasteiger partial charge in [-0.05, 0) is 51.4 Å². The third kappa shape index (κ3) is 39.6. The van der Waals surface area contributed by atoms with Crippen LogP contribution in [0.4, 0.5) is 0 Å². The Morgan fingerprint density at radius 3 is 1.24 bits per heavy atom. The summed E-state index contributed by atoms with van der Waals surface area (Å²) in [6.07, 6.45) is 51.8. The van der Waals surface area contributed by atoms with Gasteiger partial charge in [0.1, 0.15) is 54.9 Å². The number of ether oxygens (including phenoxy) is 6. The van der Waals surface area contributed by atoms with E-state index in [-0.39, 0.29) is 25.6 Å². The van der Waals surface area contributed by atoms with E-state index in [2.05, 4.69) is 62.5 Å². The third-order valence-corrected chi connectivity index (χ3v) is 16.1. The first kappa shape index (κ1) is 76.0. The first-order valence-corrected chi connectivity index (χ1v) is 33.7. The fourth-order valence-electron chi connectivity index (χ4n) is 10.8. The highest BCUT2D eigenvalue weighted by atomic mass is 16.7. The van der Waals surface area contributed by atoms with Gasteiger partial charge in [0.05, 0.1) is 26.4 Å². The SMILES string of the molecule is CC/C=C\C/C=C\C/C=C\C/C=C\CCCCCCCCCCCCC(=O)OC(COCCCCCCCCCCCCCCCCCCCCCCCCCCC)COC1OC(COC2OC(CO)C(O)C(O)C2O)C(O)C(O)C1O. The van der Waals surface area contributed by atoms with Crippen LogP contribution < -0.4 is 0 Å². The molecule has 0 bridgehead atoms. The first-order valence-electron chi connectivity index (χ1n) is 33.7. The Morgan fingerprint density at radius 1 is 0.415 bits per heavy atom. The molecule has 14 nitrogen and oxygen atoms in total. The Kier molecular flexibility index (Phi) is 50.4. The van der Waals surface area contributed by atoms with Crippen LogP contribution in [-0.2, 0) is 33.2 Å². The molecule has 0 aromatic carbocycles. The molecule has 0 aromatic heterocycles. The zero-order valence-corrected chi connectivity index (χ0v) is 52.0. The van der Waals surface area contributed by atoms with Gasteiger partial charge in [-0.15, -0.1) is 0 Å². The van der Waals surface area contributed by atoms with E-state index in [1.807, 2.05) is 0 Å². The lowest BCUT2D eigenvalue weighted by molar-refractivity contribution is -0.332. The second-order valence-corrected chi connectivity index (χ2v) is 23.6. The molecule has 0 saturated carbocycles. The number of hydrogen-bond acceptors (Lipinski definition) is 14. The van der Waals surface area contributed by atoms with Crippen molar-refractivity contribution in [2.24, 2.45) is 0 Å². The van der Waals surface area contributed by atoms with Gasteiger partial charge >= 0.3 is 5.97 Å². The Bertz CT molecular complexity index is 1540. The minimum atomic E-state index is -1.71. The monoisotopic (exact) mass is 1160 g/mol. The molecule has 0 amide bonds. The average Bonchev–Trinajstić information content (AvgIpc) is 3.48. The molecule has 11 atom stereocenters. The molecule has 0 radical (unpaired) electrons. The quantitative estimate of drug-likeness (QED) is 0.0171. The molecular formula is C68H124O14. The summed E-state index contributed by atoms with van der Waals surface area (Å²) in [4.78, 5) is 13.1. The number of carbonyl (C=O) groups is 1. The minimum absolute atomic E-state index is 0.0627. The molecule has 14 heteroatoms. The van der Waals surface area contributed by atoms with Gasteiger partial charge in [0, 0.05) is 13.0 Å². The fraction of sp³-hybridized carbons (Fsp3) is 0.868. The van der Waals surface area contributed by atoms with Gasteiger partial charge in [-0.3, -0.25) is 4.79 Å². The molecular weight excluding hydrogens is 1040 g/mol. The Balaban J connectivity index is 1.65. The Morgan fingerprint density at radius 2 is 0.793 bits per heavy atom. The lowest BCUT2D eigenvalue weighted by atomic mass is 9.98. The highest BCUT2D eigenvalue weighted by molar-refractivity contribution is 5.69. The molecule has 0 aromatic rings. The van der Waals surface area contributed by atoms with E-state index in [0.29, 0.717) is 13.0 Å². The van der Waals surface area contributed by atoms with Crippen molar-refractivity contribution in [2.45, 2.75) is 345 Å². The van der Waals surface area contributed by atoms with Crippen LogP contribution in [0.2, 0.25) is 0 Å². The second kappa shape index (κ2) is 54.3. The molecule has 82 heavy (non-hydrogen) atoms. The minimum Gasteiger partial charge on any atom is -0.457 e. The molecule has 2 aliphatic heterocycles. The van der Waals surface area contributed by atoms with Crippen molar-refractivity contribution in [1.29, 1.82) is 0 Å². The van der Waals surface area contributed by atoms with Gasteiger partial charge in [-0.25, -0.2) is 0 Å². The number of carbonyl (C=O) groups excluding carboxylic acids is 1. The second-order valence-electron chi connectivity index (χ2n) is 23.6. The Labute approximate surface area is 499 Å². The van der Waals surface area contributed by atoms with Crippen molar-refractivity contribution in [1.82, 2.24) is 0 Å². The normalized spacial score (nSPS) is 23.8. The number of esters is 1. The number of unbranched alkanes of at least 4 members (excludes halogenated alkanes) is 34. The first-order chi connectivity index (χ1) is 40.1. The van der Waals surface area contributed by atoms with Crippen molar-refractivity contribution in [3.8, 4) is 0 Å². The van der Waals surface area contributed by atoms with Crippen LogP contribution >= 0.6 is 0 Å². The van der Waals surface area contributed by atoms with Gasteiger partial charge in [0.2, 0.25) is 0 Å². The number of allylic oxidation sites excluding steroid dienone is 8. The number of hydrogen-bond donors (Lipinski definition) is 7. The summed E-state index contributed by atoms with van der Waals surface area (Å²) in [5, 5.41) is 72.6. The molecule has 7 N–H and O–H groups in total. The maximum absolute atomic E-state index is 13.1. The zero-order chi connectivity index (χ0) is 59.4. The van der Waals surface area contributed by atoms with E-state index in [1.165, 1.54) is 180 Å². The molecule has 11 unspecified atom stereocenters. The van der Waals surface area contributed by atoms with Crippen LogP contribution in [0.1, 0.15) is 277 Å². The van der Waals surface area contributed by atoms with Gasteiger partial charge in [-0.2, -0.15) is 0 Å². The van der Waals surface area contributed by atoms with E-state index in [9.17, 15) is 40.5 Å². The summed E-state index contributed by atoms with van der Waals surface area (Å²) >= 11 is 0. The topological polar surface area (TPSA) is 214 Å². The van der Waals surface area contributed by atoms with E-state index in [0.717, 1.165) is 70.6 Å². The van der Waals surface area contributed by atoms with Crippen molar-refractivity contribution >= 4 is 5.97 Å². The van der Waals surface area contributed by atoms with Crippen molar-refractivity contribution in [3.05, 3.63) is 48.6 Å². The van der Waals surface area contributed by atoms with Crippen molar-refractivity contribution in [3.63, 3.8) is 0 Å². The van der Waals surface area contributed by atoms with Crippen LogP contribution in [0.25, 0.3) is 0 Å². The highest BCUT2D eigenvalue weighted by Gasteiger charge is 2.47. The van der Waals surface area contributed by atoms with Gasteiger partial charge in [0.15, 0.2) is 12.6 Å². The van der Waals surface area contributed by atoms with Crippen LogP contribution in [0.5, 0.6) is 0 Å². The molecule has 0 aliphatic carbocycles.